The van der Waals surface area contributed by atoms with Crippen molar-refractivity contribution < 1.29 is 18.3 Å². The van der Waals surface area contributed by atoms with Gasteiger partial charge in [-0.25, -0.2) is 18.7 Å². The number of aromatic nitrogens is 5. The minimum atomic E-state index is -2.56. The van der Waals surface area contributed by atoms with Crippen molar-refractivity contribution in [3.63, 3.8) is 0 Å². The minimum absolute atomic E-state index is 0.183. The monoisotopic (exact) mass is 438 g/mol. The Morgan fingerprint density at radius 2 is 1.97 bits per heavy atom. The maximum absolute atomic E-state index is 12.4. The average molecular weight is 438 g/mol. The lowest BCUT2D eigenvalue weighted by Crippen LogP contribution is -2.15. The Morgan fingerprint density at radius 1 is 1.16 bits per heavy atom. The van der Waals surface area contributed by atoms with Crippen LogP contribution in [0.15, 0.2) is 55.2 Å². The van der Waals surface area contributed by atoms with E-state index in [0.29, 0.717) is 28.8 Å². The number of amides is 1. The Morgan fingerprint density at radius 3 is 2.72 bits per heavy atom. The molecule has 32 heavy (non-hydrogen) atoms. The zero-order chi connectivity index (χ0) is 22.5. The number of aryl methyl sites for hydroxylation is 1. The summed E-state index contributed by atoms with van der Waals surface area (Å²) in [5.41, 5.74) is 3.02. The molecule has 4 heterocycles. The van der Waals surface area contributed by atoms with Gasteiger partial charge in [-0.05, 0) is 42.3 Å². The van der Waals surface area contributed by atoms with Crippen molar-refractivity contribution >= 4 is 22.6 Å². The number of fused-ring (bicyclic) bond motifs is 1. The van der Waals surface area contributed by atoms with E-state index in [2.05, 4.69) is 25.4 Å². The van der Waals surface area contributed by atoms with Crippen LogP contribution in [0.2, 0.25) is 0 Å². The molecular formula is C22H20F2N6O2. The first-order valence-corrected chi connectivity index (χ1v) is 9.85. The lowest BCUT2D eigenvalue weighted by atomic mass is 10.2. The minimum Gasteiger partial charge on any atom is -0.471 e. The molecule has 4 aromatic rings. The molecular weight excluding hydrogens is 418 g/mol. The molecule has 1 N–H and O–H groups in total. The topological polar surface area (TPSA) is 94.8 Å². The molecule has 4 aromatic heterocycles. The molecule has 0 aliphatic carbocycles. The van der Waals surface area contributed by atoms with E-state index in [1.54, 1.807) is 60.8 Å². The number of hydrogen-bond donors (Lipinski definition) is 1. The Labute approximate surface area is 182 Å². The molecule has 0 aromatic carbocycles. The van der Waals surface area contributed by atoms with Crippen LogP contribution in [-0.2, 0) is 17.8 Å². The molecule has 4 rings (SSSR count). The average Bonchev–Trinajstić information content (AvgIpc) is 3.17. The van der Waals surface area contributed by atoms with Gasteiger partial charge in [0.1, 0.15) is 5.82 Å². The molecule has 0 atom stereocenters. The molecule has 0 aliphatic heterocycles. The van der Waals surface area contributed by atoms with Crippen LogP contribution in [0.4, 0.5) is 14.6 Å². The second-order valence-corrected chi connectivity index (χ2v) is 7.17. The summed E-state index contributed by atoms with van der Waals surface area (Å²) in [7, 11) is 0. The lowest BCUT2D eigenvalue weighted by molar-refractivity contribution is -0.115. The first kappa shape index (κ1) is 21.3. The number of pyridine rings is 3. The number of ether oxygens (including phenoxy) is 1. The van der Waals surface area contributed by atoms with Crippen molar-refractivity contribution in [3.05, 3.63) is 71.9 Å². The van der Waals surface area contributed by atoms with E-state index in [9.17, 15) is 13.6 Å². The van der Waals surface area contributed by atoms with Crippen LogP contribution < -0.4 is 10.1 Å². The summed E-state index contributed by atoms with van der Waals surface area (Å²) < 4.78 is 31.4. The normalized spacial score (nSPS) is 11.1. The van der Waals surface area contributed by atoms with Crippen molar-refractivity contribution in [3.8, 4) is 5.88 Å². The highest BCUT2D eigenvalue weighted by atomic mass is 19.3. The maximum atomic E-state index is 12.4. The van der Waals surface area contributed by atoms with E-state index >= 15 is 0 Å². The second kappa shape index (κ2) is 9.46. The summed E-state index contributed by atoms with van der Waals surface area (Å²) in [6, 6.07) is 7.14. The van der Waals surface area contributed by atoms with Gasteiger partial charge in [-0.2, -0.15) is 5.10 Å². The van der Waals surface area contributed by atoms with Gasteiger partial charge in [-0.3, -0.25) is 14.5 Å². The molecule has 0 saturated heterocycles. The highest BCUT2D eigenvalue weighted by Gasteiger charge is 2.12. The number of anilines is 1. The molecule has 0 saturated carbocycles. The fourth-order valence-electron chi connectivity index (χ4n) is 3.22. The van der Waals surface area contributed by atoms with E-state index in [-0.39, 0.29) is 18.2 Å². The highest BCUT2D eigenvalue weighted by Crippen LogP contribution is 2.22. The van der Waals surface area contributed by atoms with Gasteiger partial charge in [0.05, 0.1) is 23.9 Å². The summed E-state index contributed by atoms with van der Waals surface area (Å²) in [5.74, 6) is 0.420. The van der Waals surface area contributed by atoms with E-state index < -0.39 is 13.0 Å². The van der Waals surface area contributed by atoms with Crippen LogP contribution in [0.5, 0.6) is 5.88 Å². The lowest BCUT2D eigenvalue weighted by Gasteiger charge is -2.09. The Kier molecular flexibility index (Phi) is 6.29. The Balaban J connectivity index is 1.48. The maximum Gasteiger partial charge on any atom is 0.272 e. The standard InChI is InChI=1S/C22H20F2N6O2/c1-14-8-16(10-27-22(14)32-13-19(23)24)11-30-12-17-18(29-30)4-7-26-21(17)28-20(31)9-15-2-5-25-6-3-15/h2-8,10,12,19H,9,11,13H2,1H3,(H,26,28,31). The van der Waals surface area contributed by atoms with Crippen LogP contribution in [-0.4, -0.2) is 43.7 Å². The molecule has 0 fully saturated rings. The molecule has 0 spiro atoms. The Bertz CT molecular complexity index is 1230. The summed E-state index contributed by atoms with van der Waals surface area (Å²) in [6.45, 7) is 1.46. The number of hydrogen-bond acceptors (Lipinski definition) is 6. The van der Waals surface area contributed by atoms with Crippen LogP contribution >= 0.6 is 0 Å². The van der Waals surface area contributed by atoms with Gasteiger partial charge in [-0.1, -0.05) is 0 Å². The molecule has 10 heteroatoms. The van der Waals surface area contributed by atoms with Crippen LogP contribution in [0.25, 0.3) is 10.9 Å². The van der Waals surface area contributed by atoms with Crippen molar-refractivity contribution in [2.24, 2.45) is 0 Å². The second-order valence-electron chi connectivity index (χ2n) is 7.17. The van der Waals surface area contributed by atoms with Gasteiger partial charge < -0.3 is 10.1 Å². The number of rotatable bonds is 8. The zero-order valence-corrected chi connectivity index (χ0v) is 17.2. The molecule has 0 aliphatic rings. The quantitative estimate of drug-likeness (QED) is 0.453. The first-order chi connectivity index (χ1) is 15.5. The van der Waals surface area contributed by atoms with Gasteiger partial charge in [0, 0.05) is 36.5 Å². The molecule has 1 amide bonds. The number of halogens is 2. The van der Waals surface area contributed by atoms with Gasteiger partial charge in [0.15, 0.2) is 6.61 Å². The summed E-state index contributed by atoms with van der Waals surface area (Å²) in [6.07, 6.45) is 5.87. The van der Waals surface area contributed by atoms with Crippen LogP contribution in [0.1, 0.15) is 16.7 Å². The summed E-state index contributed by atoms with van der Waals surface area (Å²) in [4.78, 5) is 24.8. The van der Waals surface area contributed by atoms with Gasteiger partial charge in [0.2, 0.25) is 11.8 Å². The molecule has 0 unspecified atom stereocenters. The van der Waals surface area contributed by atoms with E-state index in [0.717, 1.165) is 11.1 Å². The van der Waals surface area contributed by atoms with Gasteiger partial charge in [0.25, 0.3) is 6.43 Å². The third kappa shape index (κ3) is 5.20. The number of nitrogens with one attached hydrogen (secondary N) is 1. The fourth-order valence-corrected chi connectivity index (χ4v) is 3.22. The number of carbonyl (C=O) groups is 1. The largest absolute Gasteiger partial charge is 0.471 e. The van der Waals surface area contributed by atoms with Crippen LogP contribution in [0.3, 0.4) is 0 Å². The van der Waals surface area contributed by atoms with E-state index in [1.165, 1.54) is 0 Å². The highest BCUT2D eigenvalue weighted by molar-refractivity contribution is 5.99. The number of carbonyl (C=O) groups excluding carboxylic acids is 1. The number of nitrogens with zero attached hydrogens (tertiary/aromatic N) is 5. The van der Waals surface area contributed by atoms with Gasteiger partial charge in [-0.15, -0.1) is 0 Å². The molecule has 8 nitrogen and oxygen atoms in total. The van der Waals surface area contributed by atoms with E-state index in [1.807, 2.05) is 6.07 Å². The smallest absolute Gasteiger partial charge is 0.272 e. The Hall–Kier alpha value is -3.95. The molecule has 0 bridgehead atoms. The third-order valence-electron chi connectivity index (χ3n) is 4.63. The predicted octanol–water partition coefficient (Wildman–Crippen LogP) is 3.40. The van der Waals surface area contributed by atoms with Crippen molar-refractivity contribution in [1.29, 1.82) is 0 Å². The zero-order valence-electron chi connectivity index (χ0n) is 17.2. The SMILES string of the molecule is Cc1cc(Cn2cc3c(NC(=O)Cc4ccncc4)nccc3n2)cnc1OCC(F)F. The van der Waals surface area contributed by atoms with Crippen molar-refractivity contribution in [1.82, 2.24) is 24.7 Å². The van der Waals surface area contributed by atoms with Crippen LogP contribution in [0, 0.1) is 6.92 Å². The summed E-state index contributed by atoms with van der Waals surface area (Å²) in [5, 5.41) is 8.07. The summed E-state index contributed by atoms with van der Waals surface area (Å²) >= 11 is 0. The fraction of sp³-hybridized carbons (Fsp3) is 0.227. The first-order valence-electron chi connectivity index (χ1n) is 9.85. The number of alkyl halides is 2. The predicted molar refractivity (Wildman–Crippen MR) is 114 cm³/mol. The van der Waals surface area contributed by atoms with E-state index in [4.69, 9.17) is 4.74 Å². The van der Waals surface area contributed by atoms with Crippen molar-refractivity contribution in [2.45, 2.75) is 26.3 Å². The molecule has 164 valence electrons. The third-order valence-corrected chi connectivity index (χ3v) is 4.63. The van der Waals surface area contributed by atoms with Crippen molar-refractivity contribution in [2.75, 3.05) is 11.9 Å². The molecule has 0 radical (unpaired) electrons. The van der Waals surface area contributed by atoms with Gasteiger partial charge >= 0.3 is 0 Å².